The average Bonchev–Trinajstić information content (AvgIpc) is 2.80. The van der Waals surface area contributed by atoms with Gasteiger partial charge in [-0.1, -0.05) is 0 Å². The molecule has 0 aliphatic heterocycles. The molecule has 0 atom stereocenters. The zero-order chi connectivity index (χ0) is 14.9. The van der Waals surface area contributed by atoms with E-state index >= 15 is 0 Å². The summed E-state index contributed by atoms with van der Waals surface area (Å²) in [5.74, 6) is -0.114. The molecule has 1 amide bonds. The Hall–Kier alpha value is -0.412. The van der Waals surface area contributed by atoms with Crippen LogP contribution in [0, 0.1) is 42.8 Å². The van der Waals surface area contributed by atoms with Crippen molar-refractivity contribution in [2.75, 3.05) is 5.32 Å². The number of hydrogen-bond acceptors (Lipinski definition) is 3. The number of pyridine rings is 1. The van der Waals surface area contributed by atoms with E-state index in [-0.39, 0.29) is 55.1 Å². The number of aliphatic hydroxyl groups is 1. The molecule has 1 aliphatic rings. The maximum absolute atomic E-state index is 12.2. The van der Waals surface area contributed by atoms with E-state index in [9.17, 15) is 9.90 Å². The number of carbonyl (C=O) groups excluding carboxylic acids is 1. The molecule has 0 bridgehead atoms. The van der Waals surface area contributed by atoms with Gasteiger partial charge in [0, 0.05) is 0 Å². The number of amides is 1. The molecule has 5 nitrogen and oxygen atoms in total. The van der Waals surface area contributed by atoms with E-state index in [1.807, 2.05) is 28.9 Å². The molecule has 2 N–H and O–H groups in total. The third kappa shape index (κ3) is 3.68. The van der Waals surface area contributed by atoms with Crippen molar-refractivity contribution in [2.24, 2.45) is 0 Å². The summed E-state index contributed by atoms with van der Waals surface area (Å²) in [5.41, 5.74) is 0.888. The van der Waals surface area contributed by atoms with E-state index in [1.54, 1.807) is 0 Å². The van der Waals surface area contributed by atoms with Crippen molar-refractivity contribution < 1.29 is 52.7 Å². The van der Waals surface area contributed by atoms with Gasteiger partial charge in [0.05, 0.1) is 0 Å². The number of aromatic nitrogens is 2. The predicted molar refractivity (Wildman–Crippen MR) is 77.5 cm³/mol. The fraction of sp³-hybridized carbons (Fsp3) is 0.467. The van der Waals surface area contributed by atoms with Crippen LogP contribution in [0.15, 0.2) is 24.4 Å². The Kier molecular flexibility index (Phi) is 4.70. The minimum absolute atomic E-state index is 0.114. The predicted octanol–water partition coefficient (Wildman–Crippen LogP) is 1.26. The summed E-state index contributed by atoms with van der Waals surface area (Å²) in [5, 5.41) is 17.8. The zero-order valence-electron chi connectivity index (χ0n) is 12.3. The van der Waals surface area contributed by atoms with Gasteiger partial charge in [0.25, 0.3) is 0 Å². The molecule has 1 fully saturated rings. The van der Waals surface area contributed by atoms with Gasteiger partial charge < -0.3 is 0 Å². The molecular weight excluding hydrogens is 480 g/mol. The van der Waals surface area contributed by atoms with Crippen LogP contribution in [0.2, 0.25) is 0 Å². The van der Waals surface area contributed by atoms with Crippen LogP contribution in [0.4, 0.5) is 5.69 Å². The van der Waals surface area contributed by atoms with Gasteiger partial charge in [-0.05, 0) is 0 Å². The van der Waals surface area contributed by atoms with Crippen LogP contribution in [-0.4, -0.2) is 26.2 Å². The van der Waals surface area contributed by atoms with Crippen LogP contribution in [-0.2, 0) is 4.79 Å². The van der Waals surface area contributed by atoms with E-state index in [0.29, 0.717) is 0 Å². The topological polar surface area (TPSA) is 66.6 Å². The maximum atomic E-state index is 12.2. The SMILES string of the molecule is O=C(CC1(O)CCCCC1)Nc1cccn2n[c]([RaH])cc12. The molecule has 2 heterocycles. The van der Waals surface area contributed by atoms with Crippen molar-refractivity contribution in [1.82, 2.24) is 9.61 Å². The van der Waals surface area contributed by atoms with Crippen molar-refractivity contribution in [1.29, 1.82) is 0 Å². The fourth-order valence-corrected chi connectivity index (χ4v) is 5.13. The second-order valence-corrected chi connectivity index (χ2v) is 10.3. The van der Waals surface area contributed by atoms with Crippen molar-refractivity contribution in [3.8, 4) is 0 Å². The Morgan fingerprint density at radius 2 is 2.19 bits per heavy atom. The van der Waals surface area contributed by atoms with Gasteiger partial charge >= 0.3 is 154 Å². The number of anilines is 1. The first-order valence-corrected chi connectivity index (χ1v) is 11.6. The molecule has 0 spiro atoms. The summed E-state index contributed by atoms with van der Waals surface area (Å²) in [6.07, 6.45) is 6.70. The van der Waals surface area contributed by atoms with Crippen molar-refractivity contribution in [2.45, 2.75) is 44.1 Å². The first kappa shape index (κ1) is 15.5. The second-order valence-electron chi connectivity index (χ2n) is 6.05. The van der Waals surface area contributed by atoms with Gasteiger partial charge in [-0.15, -0.1) is 0 Å². The molecule has 1 aliphatic carbocycles. The van der Waals surface area contributed by atoms with Crippen LogP contribution in [0.25, 0.3) is 5.52 Å². The molecule has 108 valence electrons. The molecule has 21 heavy (non-hydrogen) atoms. The molecule has 6 heteroatoms. The Morgan fingerprint density at radius 3 is 2.95 bits per heavy atom. The molecule has 2 aromatic rings. The van der Waals surface area contributed by atoms with Gasteiger partial charge in [0.1, 0.15) is 0 Å². The number of carbonyl (C=O) groups is 1. The van der Waals surface area contributed by atoms with Gasteiger partial charge in [-0.3, -0.25) is 0 Å². The van der Waals surface area contributed by atoms with Crippen LogP contribution in [0.1, 0.15) is 38.5 Å². The first-order chi connectivity index (χ1) is 10.1. The quantitative estimate of drug-likeness (QED) is 0.669. The molecule has 3 rings (SSSR count). The standard InChI is InChI=1S/C15H18N3O2.Ra.H/c19-14(11-15(20)7-2-1-3-8-15)17-12-5-4-10-18-13(12)6-9-16-18;;/h4-6,10,20H,1-3,7-8,11H2,(H,17,19);;. The van der Waals surface area contributed by atoms with Crippen LogP contribution in [0.3, 0.4) is 0 Å². The van der Waals surface area contributed by atoms with Crippen molar-refractivity contribution in [3.63, 3.8) is 0 Å². The first-order valence-electron chi connectivity index (χ1n) is 7.53. The van der Waals surface area contributed by atoms with Crippen LogP contribution >= 0.6 is 0 Å². The normalized spacial score (nSPS) is 17.7. The number of hydrogen-bond donors (Lipinski definition) is 2. The Labute approximate surface area is 152 Å². The zero-order valence-corrected chi connectivity index (χ0v) is 20.5. The molecule has 0 radical (unpaired) electrons. The van der Waals surface area contributed by atoms with E-state index in [2.05, 4.69) is 10.4 Å². The van der Waals surface area contributed by atoms with E-state index in [0.717, 1.165) is 44.0 Å². The molecule has 1 saturated carbocycles. The van der Waals surface area contributed by atoms with Crippen LogP contribution in [0.5, 0.6) is 0 Å². The molecule has 0 unspecified atom stereocenters. The molecular formula is C15H19N3O2Ra. The molecule has 0 saturated heterocycles. The van der Waals surface area contributed by atoms with Crippen molar-refractivity contribution >= 4 is 17.8 Å². The van der Waals surface area contributed by atoms with Gasteiger partial charge in [-0.25, -0.2) is 0 Å². The molecule has 0 aromatic carbocycles. The monoisotopic (exact) mass is 499 g/mol. The van der Waals surface area contributed by atoms with Gasteiger partial charge in [0.2, 0.25) is 0 Å². The fourth-order valence-electron chi connectivity index (χ4n) is 3.12. The summed E-state index contributed by atoms with van der Waals surface area (Å²) in [7, 11) is 0. The summed E-state index contributed by atoms with van der Waals surface area (Å²) in [6, 6.07) is 5.80. The summed E-state index contributed by atoms with van der Waals surface area (Å²) < 4.78 is 2.94. The average molecular weight is 499 g/mol. The summed E-state index contributed by atoms with van der Waals surface area (Å²) in [6.45, 7) is 0. The summed E-state index contributed by atoms with van der Waals surface area (Å²) >= 11 is 0.195. The Bertz CT molecular complexity index is 662. The summed E-state index contributed by atoms with van der Waals surface area (Å²) in [4.78, 5) is 12.2. The number of nitrogens with one attached hydrogen (secondary N) is 1. The van der Waals surface area contributed by atoms with E-state index in [4.69, 9.17) is 0 Å². The second kappa shape index (κ2) is 6.37. The van der Waals surface area contributed by atoms with Gasteiger partial charge in [0.15, 0.2) is 0 Å². The Balaban J connectivity index is 1.74. The van der Waals surface area contributed by atoms with Crippen LogP contribution < -0.4 is 6.05 Å². The number of rotatable bonds is 3. The number of fused-ring (bicyclic) bond motifs is 1. The Morgan fingerprint density at radius 1 is 1.43 bits per heavy atom. The third-order valence-electron chi connectivity index (χ3n) is 4.17. The van der Waals surface area contributed by atoms with E-state index in [1.165, 1.54) is 0 Å². The van der Waals surface area contributed by atoms with Gasteiger partial charge in [-0.2, -0.15) is 0 Å². The third-order valence-corrected chi connectivity index (χ3v) is 6.18. The van der Waals surface area contributed by atoms with E-state index < -0.39 is 5.60 Å². The minimum atomic E-state index is -0.818. The molecule has 2 aromatic heterocycles. The van der Waals surface area contributed by atoms with Crippen molar-refractivity contribution in [3.05, 3.63) is 24.4 Å². The number of nitrogens with zero attached hydrogens (tertiary/aromatic N) is 2.